The Bertz CT molecular complexity index is 955. The number of amides is 1. The van der Waals surface area contributed by atoms with Gasteiger partial charge in [-0.05, 0) is 37.1 Å². The highest BCUT2D eigenvalue weighted by atomic mass is 35.5. The maximum Gasteiger partial charge on any atom is 0.295 e. The second-order valence-electron chi connectivity index (χ2n) is 7.18. The minimum atomic E-state index is -0.698. The van der Waals surface area contributed by atoms with Crippen molar-refractivity contribution in [2.24, 2.45) is 0 Å². The third-order valence-corrected chi connectivity index (χ3v) is 5.49. The number of hydrogen-bond acceptors (Lipinski definition) is 4. The Labute approximate surface area is 181 Å². The van der Waals surface area contributed by atoms with E-state index in [9.17, 15) is 14.7 Å². The minimum Gasteiger partial charge on any atom is -0.507 e. The molecule has 1 saturated heterocycles. The van der Waals surface area contributed by atoms with Gasteiger partial charge in [0.2, 0.25) is 0 Å². The summed E-state index contributed by atoms with van der Waals surface area (Å²) in [6.07, 6.45) is 2.74. The molecule has 0 aromatic heterocycles. The van der Waals surface area contributed by atoms with Gasteiger partial charge in [0.25, 0.3) is 11.7 Å². The molecule has 2 aromatic carbocycles. The van der Waals surface area contributed by atoms with Crippen molar-refractivity contribution in [3.63, 3.8) is 0 Å². The molecule has 5 nitrogen and oxygen atoms in total. The van der Waals surface area contributed by atoms with Gasteiger partial charge in [-0.3, -0.25) is 9.59 Å². The smallest absolute Gasteiger partial charge is 0.295 e. The number of aliphatic hydroxyl groups is 1. The van der Waals surface area contributed by atoms with Crippen molar-refractivity contribution in [1.82, 2.24) is 4.90 Å². The van der Waals surface area contributed by atoms with Crippen LogP contribution >= 0.6 is 11.6 Å². The van der Waals surface area contributed by atoms with Crippen LogP contribution < -0.4 is 4.74 Å². The highest BCUT2D eigenvalue weighted by Gasteiger charge is 2.45. The quantitative estimate of drug-likeness (QED) is 0.267. The number of carbonyl (C=O) groups is 2. The summed E-state index contributed by atoms with van der Waals surface area (Å²) in [5.41, 5.74) is 1.10. The number of likely N-dealkylation sites (tertiary alicyclic amines) is 1. The lowest BCUT2D eigenvalue weighted by atomic mass is 9.95. The Morgan fingerprint density at radius 2 is 1.83 bits per heavy atom. The number of unbranched alkanes of at least 4 members (excludes halogenated alkanes) is 2. The second kappa shape index (κ2) is 9.81. The lowest BCUT2D eigenvalue weighted by Gasteiger charge is -2.25. The van der Waals surface area contributed by atoms with Crippen molar-refractivity contribution in [2.75, 3.05) is 13.2 Å². The van der Waals surface area contributed by atoms with Gasteiger partial charge in [-0.15, -0.1) is 0 Å². The zero-order valence-electron chi connectivity index (χ0n) is 17.2. The van der Waals surface area contributed by atoms with E-state index in [2.05, 4.69) is 6.92 Å². The van der Waals surface area contributed by atoms with Crippen LogP contribution in [-0.2, 0) is 9.59 Å². The first-order valence-corrected chi connectivity index (χ1v) is 10.6. The zero-order valence-corrected chi connectivity index (χ0v) is 18.0. The van der Waals surface area contributed by atoms with Crippen LogP contribution in [0.15, 0.2) is 54.1 Å². The van der Waals surface area contributed by atoms with Gasteiger partial charge in [0.1, 0.15) is 11.5 Å². The Morgan fingerprint density at radius 1 is 1.10 bits per heavy atom. The van der Waals surface area contributed by atoms with E-state index in [1.54, 1.807) is 23.1 Å². The molecule has 30 heavy (non-hydrogen) atoms. The average Bonchev–Trinajstić information content (AvgIpc) is 3.00. The summed E-state index contributed by atoms with van der Waals surface area (Å²) in [6.45, 7) is 4.83. The molecular formula is C24H26ClNO4. The molecule has 1 unspecified atom stereocenters. The second-order valence-corrected chi connectivity index (χ2v) is 7.59. The molecule has 0 saturated carbocycles. The fourth-order valence-electron chi connectivity index (χ4n) is 3.71. The molecule has 1 aliphatic rings. The number of ketones is 1. The molecule has 0 radical (unpaired) electrons. The van der Waals surface area contributed by atoms with E-state index in [0.29, 0.717) is 18.9 Å². The Morgan fingerprint density at radius 3 is 2.50 bits per heavy atom. The lowest BCUT2D eigenvalue weighted by molar-refractivity contribution is -0.139. The number of hydrogen-bond donors (Lipinski definition) is 1. The van der Waals surface area contributed by atoms with E-state index in [4.69, 9.17) is 16.3 Å². The van der Waals surface area contributed by atoms with Gasteiger partial charge in [0.15, 0.2) is 0 Å². The van der Waals surface area contributed by atoms with Crippen LogP contribution in [0.2, 0.25) is 5.02 Å². The van der Waals surface area contributed by atoms with Crippen molar-refractivity contribution in [2.45, 2.75) is 39.2 Å². The van der Waals surface area contributed by atoms with E-state index in [1.165, 1.54) is 0 Å². The average molecular weight is 428 g/mol. The third kappa shape index (κ3) is 4.36. The number of nitrogens with zero attached hydrogens (tertiary/aromatic N) is 1. The van der Waals surface area contributed by atoms with Gasteiger partial charge in [0, 0.05) is 12.1 Å². The van der Waals surface area contributed by atoms with Crippen LogP contribution in [-0.4, -0.2) is 34.8 Å². The van der Waals surface area contributed by atoms with Crippen molar-refractivity contribution in [3.8, 4) is 5.75 Å². The molecule has 158 valence electrons. The van der Waals surface area contributed by atoms with Crippen LogP contribution in [0.3, 0.4) is 0 Å². The molecule has 0 bridgehead atoms. The summed E-state index contributed by atoms with van der Waals surface area (Å²) >= 11 is 6.33. The van der Waals surface area contributed by atoms with E-state index in [1.807, 2.05) is 37.3 Å². The van der Waals surface area contributed by atoms with Crippen molar-refractivity contribution >= 4 is 29.1 Å². The summed E-state index contributed by atoms with van der Waals surface area (Å²) in [5.74, 6) is -1.06. The fourth-order valence-corrected chi connectivity index (χ4v) is 3.92. The van der Waals surface area contributed by atoms with E-state index >= 15 is 0 Å². The number of carbonyl (C=O) groups excluding carboxylic acids is 2. The highest BCUT2D eigenvalue weighted by molar-refractivity contribution is 6.47. The van der Waals surface area contributed by atoms with Crippen LogP contribution in [0.1, 0.15) is 50.3 Å². The summed E-state index contributed by atoms with van der Waals surface area (Å²) in [7, 11) is 0. The molecular weight excluding hydrogens is 402 g/mol. The van der Waals surface area contributed by atoms with Crippen LogP contribution in [0.5, 0.6) is 5.75 Å². The summed E-state index contributed by atoms with van der Waals surface area (Å²) in [6, 6.07) is 13.5. The number of halogens is 1. The van der Waals surface area contributed by atoms with Gasteiger partial charge in [-0.25, -0.2) is 0 Å². The van der Waals surface area contributed by atoms with Gasteiger partial charge >= 0.3 is 0 Å². The first-order valence-electron chi connectivity index (χ1n) is 10.3. The van der Waals surface area contributed by atoms with Gasteiger partial charge in [-0.2, -0.15) is 0 Å². The topological polar surface area (TPSA) is 66.8 Å². The molecule has 6 heteroatoms. The number of benzene rings is 2. The van der Waals surface area contributed by atoms with Gasteiger partial charge in [-0.1, -0.05) is 61.7 Å². The molecule has 1 heterocycles. The zero-order chi connectivity index (χ0) is 21.7. The predicted molar refractivity (Wildman–Crippen MR) is 118 cm³/mol. The lowest BCUT2D eigenvalue weighted by Crippen LogP contribution is -2.30. The molecule has 0 spiro atoms. The Hall–Kier alpha value is -2.79. The molecule has 2 aromatic rings. The van der Waals surface area contributed by atoms with Crippen molar-refractivity contribution in [1.29, 1.82) is 0 Å². The maximum absolute atomic E-state index is 13.0. The van der Waals surface area contributed by atoms with Crippen molar-refractivity contribution < 1.29 is 19.4 Å². The predicted octanol–water partition coefficient (Wildman–Crippen LogP) is 5.35. The van der Waals surface area contributed by atoms with E-state index < -0.39 is 17.7 Å². The number of Topliss-reactive ketones (excluding diaryl/α,β-unsaturated/α-hetero) is 1. The molecule has 1 N–H and O–H groups in total. The SMILES string of the molecule is CCCCCN1C(=O)C(=O)/C(=C(/O)c2cc(OCC)ccc2Cl)C1c1ccccc1. The van der Waals surface area contributed by atoms with E-state index in [0.717, 1.165) is 24.8 Å². The maximum atomic E-state index is 13.0. The Balaban J connectivity index is 2.13. The Kier molecular flexibility index (Phi) is 7.16. The molecule has 1 aliphatic heterocycles. The first kappa shape index (κ1) is 21.9. The molecule has 1 fully saturated rings. The normalized spacial score (nSPS) is 18.1. The molecule has 3 rings (SSSR count). The standard InChI is InChI=1S/C24H26ClNO4/c1-3-5-9-14-26-21(16-10-7-6-8-11-16)20(23(28)24(26)29)22(27)18-15-17(30-4-2)12-13-19(18)25/h6-8,10-13,15,21,27H,3-5,9,14H2,1-2H3/b22-20+. The highest BCUT2D eigenvalue weighted by Crippen LogP contribution is 2.41. The third-order valence-electron chi connectivity index (χ3n) is 5.16. The van der Waals surface area contributed by atoms with Gasteiger partial charge in [0.05, 0.1) is 23.2 Å². The largest absolute Gasteiger partial charge is 0.507 e. The number of aliphatic hydroxyl groups excluding tert-OH is 1. The van der Waals surface area contributed by atoms with Crippen molar-refractivity contribution in [3.05, 3.63) is 70.3 Å². The van der Waals surface area contributed by atoms with Gasteiger partial charge < -0.3 is 14.7 Å². The van der Waals surface area contributed by atoms with Crippen LogP contribution in [0.4, 0.5) is 0 Å². The van der Waals surface area contributed by atoms with E-state index in [-0.39, 0.29) is 21.9 Å². The van der Waals surface area contributed by atoms with Crippen LogP contribution in [0.25, 0.3) is 5.76 Å². The summed E-state index contributed by atoms with van der Waals surface area (Å²) in [4.78, 5) is 27.4. The minimum absolute atomic E-state index is 0.0539. The number of ether oxygens (including phenoxy) is 1. The summed E-state index contributed by atoms with van der Waals surface area (Å²) in [5, 5.41) is 11.4. The monoisotopic (exact) mass is 427 g/mol. The molecule has 0 aliphatic carbocycles. The summed E-state index contributed by atoms with van der Waals surface area (Å²) < 4.78 is 5.51. The molecule has 1 atom stereocenters. The van der Waals surface area contributed by atoms with Crippen LogP contribution in [0, 0.1) is 0 Å². The first-order chi connectivity index (χ1) is 14.5. The number of rotatable bonds is 8. The molecule has 1 amide bonds. The fraction of sp³-hybridized carbons (Fsp3) is 0.333.